The first-order chi connectivity index (χ1) is 4.45. The minimum Gasteiger partial charge on any atom is -0.379 e. The number of aliphatic hydroxyl groups excluding tert-OH is 1. The molecule has 0 radical (unpaired) electrons. The van der Waals surface area contributed by atoms with Crippen LogP contribution in [0, 0.1) is 20.2 Å². The number of nitrogens with zero attached hydrogens (tertiary/aromatic N) is 2. The second-order valence-electron chi connectivity index (χ2n) is 1.39. The van der Waals surface area contributed by atoms with Gasteiger partial charge in [-0.2, -0.15) is 0 Å². The molecule has 7 nitrogen and oxygen atoms in total. The molecule has 10 heavy (non-hydrogen) atoms. The Hall–Kier alpha value is -1.31. The maximum Gasteiger partial charge on any atom is 0.637 e. The maximum atomic E-state index is 12.1. The molecule has 0 amide bonds. The van der Waals surface area contributed by atoms with Crippen molar-refractivity contribution in [3.05, 3.63) is 20.2 Å². The van der Waals surface area contributed by atoms with E-state index in [1.807, 2.05) is 0 Å². The zero-order chi connectivity index (χ0) is 8.36. The number of aliphatic hydroxyl groups is 1. The van der Waals surface area contributed by atoms with Crippen molar-refractivity contribution in [2.75, 3.05) is 6.61 Å². The molecule has 0 atom stereocenters. The highest BCUT2D eigenvalue weighted by molar-refractivity contribution is 4.45. The summed E-state index contributed by atoms with van der Waals surface area (Å²) < 4.78 is 12.1. The van der Waals surface area contributed by atoms with E-state index in [1.54, 1.807) is 0 Å². The maximum absolute atomic E-state index is 12.1. The number of rotatable bonds is 3. The predicted molar refractivity (Wildman–Crippen MR) is 24.9 cm³/mol. The van der Waals surface area contributed by atoms with Crippen molar-refractivity contribution in [3.63, 3.8) is 0 Å². The van der Waals surface area contributed by atoms with Gasteiger partial charge in [0.1, 0.15) is 9.85 Å². The standard InChI is InChI=1S/C2H3FN2O5/c3-2(1-6,4(7)8)5(9)10/h6H,1H2. The second-order valence-corrected chi connectivity index (χ2v) is 1.39. The van der Waals surface area contributed by atoms with Crippen LogP contribution in [0.1, 0.15) is 0 Å². The minimum atomic E-state index is -3.96. The van der Waals surface area contributed by atoms with Gasteiger partial charge in [0, 0.05) is 0 Å². The van der Waals surface area contributed by atoms with Crippen molar-refractivity contribution in [1.82, 2.24) is 0 Å². The van der Waals surface area contributed by atoms with Gasteiger partial charge in [-0.3, -0.25) is 20.2 Å². The van der Waals surface area contributed by atoms with E-state index < -0.39 is 22.4 Å². The van der Waals surface area contributed by atoms with Gasteiger partial charge in [0.15, 0.2) is 0 Å². The molecule has 0 fully saturated rings. The highest BCUT2D eigenvalue weighted by atomic mass is 19.2. The number of alkyl halides is 1. The van der Waals surface area contributed by atoms with E-state index in [4.69, 9.17) is 5.11 Å². The molecule has 0 saturated heterocycles. The Labute approximate surface area is 53.4 Å². The lowest BCUT2D eigenvalue weighted by Gasteiger charge is -2.02. The van der Waals surface area contributed by atoms with Crippen LogP contribution in [-0.2, 0) is 0 Å². The first-order valence-corrected chi connectivity index (χ1v) is 2.04. The fourth-order valence-corrected chi connectivity index (χ4v) is 0.182. The molecule has 1 N–H and O–H groups in total. The lowest BCUT2D eigenvalue weighted by molar-refractivity contribution is -0.832. The van der Waals surface area contributed by atoms with Gasteiger partial charge >= 0.3 is 5.92 Å². The van der Waals surface area contributed by atoms with Crippen molar-refractivity contribution < 1.29 is 19.3 Å². The van der Waals surface area contributed by atoms with Crippen LogP contribution in [0.4, 0.5) is 4.39 Å². The lowest BCUT2D eigenvalue weighted by Crippen LogP contribution is -2.45. The average molecular weight is 154 g/mol. The number of hydrogen-bond acceptors (Lipinski definition) is 5. The molecule has 0 aromatic heterocycles. The molecule has 0 bridgehead atoms. The molecular weight excluding hydrogens is 151 g/mol. The van der Waals surface area contributed by atoms with E-state index >= 15 is 0 Å². The van der Waals surface area contributed by atoms with Gasteiger partial charge < -0.3 is 5.11 Å². The lowest BCUT2D eigenvalue weighted by atomic mass is 10.5. The summed E-state index contributed by atoms with van der Waals surface area (Å²) in [5, 5.41) is 26.9. The molecule has 0 saturated carbocycles. The zero-order valence-electron chi connectivity index (χ0n) is 4.56. The highest BCUT2D eigenvalue weighted by Crippen LogP contribution is 2.10. The number of hydrogen-bond donors (Lipinski definition) is 1. The topological polar surface area (TPSA) is 107 Å². The second kappa shape index (κ2) is 2.52. The van der Waals surface area contributed by atoms with Crippen LogP contribution in [0.5, 0.6) is 0 Å². The normalized spacial score (nSPS) is 11.0. The Kier molecular flexibility index (Phi) is 2.19. The fourth-order valence-electron chi connectivity index (χ4n) is 0.182. The van der Waals surface area contributed by atoms with Gasteiger partial charge in [0.25, 0.3) is 0 Å². The SMILES string of the molecule is O=[N+]([O-])C(F)(CO)[N+](=O)[O-]. The molecule has 0 unspecified atom stereocenters. The third-order valence-corrected chi connectivity index (χ3v) is 0.761. The van der Waals surface area contributed by atoms with Crippen LogP contribution >= 0.6 is 0 Å². The van der Waals surface area contributed by atoms with Crippen LogP contribution in [0.2, 0.25) is 0 Å². The van der Waals surface area contributed by atoms with Gasteiger partial charge in [-0.25, -0.2) is 0 Å². The van der Waals surface area contributed by atoms with Gasteiger partial charge in [0.05, 0.1) is 0 Å². The van der Waals surface area contributed by atoms with E-state index in [1.165, 1.54) is 0 Å². The van der Waals surface area contributed by atoms with Crippen molar-refractivity contribution in [3.8, 4) is 0 Å². The molecule has 0 aliphatic rings. The van der Waals surface area contributed by atoms with Crippen LogP contribution in [0.25, 0.3) is 0 Å². The molecule has 8 heteroatoms. The quantitative estimate of drug-likeness (QED) is 0.246. The Morgan fingerprint density at radius 1 is 1.40 bits per heavy atom. The molecule has 0 aliphatic carbocycles. The number of halogens is 1. The molecule has 0 spiro atoms. The Bertz CT molecular complexity index is 155. The Morgan fingerprint density at radius 2 is 1.70 bits per heavy atom. The molecule has 0 aromatic carbocycles. The fraction of sp³-hybridized carbons (Fsp3) is 1.00. The van der Waals surface area contributed by atoms with E-state index in [2.05, 4.69) is 0 Å². The van der Waals surface area contributed by atoms with Crippen LogP contribution in [-0.4, -0.2) is 27.5 Å². The van der Waals surface area contributed by atoms with E-state index in [0.29, 0.717) is 0 Å². The van der Waals surface area contributed by atoms with Gasteiger partial charge in [-0.15, -0.1) is 0 Å². The van der Waals surface area contributed by atoms with Crippen molar-refractivity contribution >= 4 is 0 Å². The summed E-state index contributed by atoms with van der Waals surface area (Å²) >= 11 is 0. The zero-order valence-corrected chi connectivity index (χ0v) is 4.56. The molecule has 0 rings (SSSR count). The average Bonchev–Trinajstić information content (AvgIpc) is 1.85. The van der Waals surface area contributed by atoms with Gasteiger partial charge in [-0.05, 0) is 0 Å². The van der Waals surface area contributed by atoms with Gasteiger partial charge in [0.2, 0.25) is 6.61 Å². The largest absolute Gasteiger partial charge is 0.637 e. The van der Waals surface area contributed by atoms with Gasteiger partial charge in [-0.1, -0.05) is 4.39 Å². The third-order valence-electron chi connectivity index (χ3n) is 0.761. The monoisotopic (exact) mass is 154 g/mol. The molecule has 0 aliphatic heterocycles. The van der Waals surface area contributed by atoms with Crippen molar-refractivity contribution in [2.24, 2.45) is 0 Å². The van der Waals surface area contributed by atoms with Crippen molar-refractivity contribution in [2.45, 2.75) is 5.92 Å². The Balaban J connectivity index is 4.55. The first-order valence-electron chi connectivity index (χ1n) is 2.04. The summed E-state index contributed by atoms with van der Waals surface area (Å²) in [7, 11) is 0. The summed E-state index contributed by atoms with van der Waals surface area (Å²) in [4.78, 5) is 15.4. The van der Waals surface area contributed by atoms with Crippen LogP contribution in [0.15, 0.2) is 0 Å². The van der Waals surface area contributed by atoms with Crippen molar-refractivity contribution in [1.29, 1.82) is 0 Å². The summed E-state index contributed by atoms with van der Waals surface area (Å²) in [6, 6.07) is 0. The summed E-state index contributed by atoms with van der Waals surface area (Å²) in [5.41, 5.74) is 0. The van der Waals surface area contributed by atoms with E-state index in [-0.39, 0.29) is 0 Å². The summed E-state index contributed by atoms with van der Waals surface area (Å²) in [5.74, 6) is -3.96. The number of nitro groups is 2. The predicted octanol–water partition coefficient (Wildman–Crippen LogP) is -0.845. The molecule has 0 heterocycles. The van der Waals surface area contributed by atoms with Crippen LogP contribution in [0.3, 0.4) is 0 Å². The minimum absolute atomic E-state index is 1.77. The Morgan fingerprint density at radius 3 is 1.70 bits per heavy atom. The molecule has 0 aromatic rings. The third kappa shape index (κ3) is 1.16. The highest BCUT2D eigenvalue weighted by Gasteiger charge is 2.57. The smallest absolute Gasteiger partial charge is 0.379 e. The summed E-state index contributed by atoms with van der Waals surface area (Å²) in [6.45, 7) is -1.77. The summed E-state index contributed by atoms with van der Waals surface area (Å²) in [6.07, 6.45) is 0. The van der Waals surface area contributed by atoms with Crippen LogP contribution < -0.4 is 0 Å². The first kappa shape index (κ1) is 8.69. The molecular formula is C2H3FN2O5. The van der Waals surface area contributed by atoms with E-state index in [9.17, 15) is 24.6 Å². The van der Waals surface area contributed by atoms with E-state index in [0.717, 1.165) is 0 Å². The molecule has 58 valence electrons.